The zero-order valence-electron chi connectivity index (χ0n) is 12.3. The van der Waals surface area contributed by atoms with Crippen LogP contribution in [0.25, 0.3) is 0 Å². The smallest absolute Gasteiger partial charge is 0.153 e. The molecule has 100 valence electrons. The molecule has 0 amide bonds. The molecular weight excluding hydrogens is 224 g/mol. The van der Waals surface area contributed by atoms with Crippen molar-refractivity contribution >= 4 is 6.29 Å². The van der Waals surface area contributed by atoms with Crippen LogP contribution in [0.1, 0.15) is 63.9 Å². The summed E-state index contributed by atoms with van der Waals surface area (Å²) in [6.45, 7) is 12.4. The fraction of sp³-hybridized carbons (Fsp3) is 0.562. The highest BCUT2D eigenvalue weighted by molar-refractivity contribution is 5.79. The third kappa shape index (κ3) is 3.59. The Hall–Kier alpha value is -1.31. The Labute approximate surface area is 110 Å². The quantitative estimate of drug-likeness (QED) is 0.740. The molecule has 0 aliphatic rings. The van der Waals surface area contributed by atoms with Crippen molar-refractivity contribution in [2.24, 2.45) is 0 Å². The summed E-state index contributed by atoms with van der Waals surface area (Å²) in [5, 5.41) is 0. The van der Waals surface area contributed by atoms with Crippen LogP contribution in [0.3, 0.4) is 0 Å². The average Bonchev–Trinajstić information content (AvgIpc) is 2.27. The molecule has 0 saturated carbocycles. The lowest BCUT2D eigenvalue weighted by Gasteiger charge is -2.26. The molecular formula is C16H24O2. The molecule has 1 aromatic rings. The number of rotatable bonds is 4. The van der Waals surface area contributed by atoms with Crippen LogP contribution in [0.5, 0.6) is 5.75 Å². The zero-order valence-corrected chi connectivity index (χ0v) is 12.3. The number of carbonyl (C=O) groups excluding carboxylic acids is 1. The molecule has 2 nitrogen and oxygen atoms in total. The van der Waals surface area contributed by atoms with Gasteiger partial charge in [0.2, 0.25) is 0 Å². The Kier molecular flexibility index (Phi) is 4.20. The Morgan fingerprint density at radius 1 is 1.17 bits per heavy atom. The molecule has 0 atom stereocenters. The molecule has 0 spiro atoms. The summed E-state index contributed by atoms with van der Waals surface area (Å²) in [6.07, 6.45) is 1.90. The van der Waals surface area contributed by atoms with Gasteiger partial charge in [-0.05, 0) is 50.3 Å². The fourth-order valence-corrected chi connectivity index (χ4v) is 1.69. The molecule has 0 radical (unpaired) electrons. The molecule has 0 unspecified atom stereocenters. The van der Waals surface area contributed by atoms with Crippen LogP contribution in [-0.2, 0) is 5.41 Å². The van der Waals surface area contributed by atoms with Gasteiger partial charge in [0.25, 0.3) is 0 Å². The van der Waals surface area contributed by atoms with E-state index in [1.807, 2.05) is 32.9 Å². The lowest BCUT2D eigenvalue weighted by Crippen LogP contribution is -2.24. The molecule has 0 aromatic heterocycles. The predicted molar refractivity (Wildman–Crippen MR) is 75.5 cm³/mol. The van der Waals surface area contributed by atoms with Gasteiger partial charge in [-0.2, -0.15) is 0 Å². The highest BCUT2D eigenvalue weighted by Gasteiger charge is 2.21. The number of carbonyl (C=O) groups is 1. The van der Waals surface area contributed by atoms with E-state index in [0.29, 0.717) is 11.3 Å². The second-order valence-corrected chi connectivity index (χ2v) is 6.32. The normalized spacial score (nSPS) is 12.3. The van der Waals surface area contributed by atoms with E-state index in [-0.39, 0.29) is 11.0 Å². The molecule has 0 bridgehead atoms. The summed E-state index contributed by atoms with van der Waals surface area (Å²) in [5.74, 6) is 0.660. The van der Waals surface area contributed by atoms with E-state index in [0.717, 1.165) is 12.7 Å². The van der Waals surface area contributed by atoms with E-state index < -0.39 is 0 Å². The third-order valence-electron chi connectivity index (χ3n) is 3.22. The van der Waals surface area contributed by atoms with E-state index in [9.17, 15) is 4.79 Å². The van der Waals surface area contributed by atoms with Gasteiger partial charge in [0.05, 0.1) is 5.56 Å². The van der Waals surface area contributed by atoms with E-state index in [2.05, 4.69) is 26.8 Å². The molecule has 18 heavy (non-hydrogen) atoms. The highest BCUT2D eigenvalue weighted by atomic mass is 16.5. The van der Waals surface area contributed by atoms with Crippen molar-refractivity contribution in [2.45, 2.75) is 59.0 Å². The maximum atomic E-state index is 11.2. The first-order chi connectivity index (χ1) is 8.19. The van der Waals surface area contributed by atoms with Gasteiger partial charge in [0, 0.05) is 0 Å². The van der Waals surface area contributed by atoms with Crippen molar-refractivity contribution in [2.75, 3.05) is 0 Å². The summed E-state index contributed by atoms with van der Waals surface area (Å²) in [4.78, 5) is 11.2. The first-order valence-electron chi connectivity index (χ1n) is 6.48. The molecule has 1 aromatic carbocycles. The summed E-state index contributed by atoms with van der Waals surface area (Å²) >= 11 is 0. The first-order valence-corrected chi connectivity index (χ1v) is 6.48. The van der Waals surface area contributed by atoms with Gasteiger partial charge in [-0.15, -0.1) is 0 Å². The van der Waals surface area contributed by atoms with Gasteiger partial charge in [-0.25, -0.2) is 0 Å². The Morgan fingerprint density at radius 3 is 2.22 bits per heavy atom. The minimum Gasteiger partial charge on any atom is -0.487 e. The van der Waals surface area contributed by atoms with E-state index in [1.165, 1.54) is 5.56 Å². The van der Waals surface area contributed by atoms with Gasteiger partial charge in [-0.1, -0.05) is 26.8 Å². The predicted octanol–water partition coefficient (Wildman–Crippen LogP) is 4.36. The summed E-state index contributed by atoms with van der Waals surface area (Å²) < 4.78 is 5.79. The SMILES string of the molecule is CCC(C)(C)c1ccc(OC(C)(C)C)c(C=O)c1. The maximum absolute atomic E-state index is 11.2. The van der Waals surface area contributed by atoms with Crippen molar-refractivity contribution in [1.29, 1.82) is 0 Å². The minimum absolute atomic E-state index is 0.0814. The van der Waals surface area contributed by atoms with Crippen molar-refractivity contribution in [3.63, 3.8) is 0 Å². The molecule has 0 heterocycles. The van der Waals surface area contributed by atoms with Gasteiger partial charge in [0.1, 0.15) is 11.4 Å². The topological polar surface area (TPSA) is 26.3 Å². The van der Waals surface area contributed by atoms with Crippen LogP contribution < -0.4 is 4.74 Å². The number of benzene rings is 1. The van der Waals surface area contributed by atoms with E-state index >= 15 is 0 Å². The lowest BCUT2D eigenvalue weighted by atomic mass is 9.81. The summed E-state index contributed by atoms with van der Waals surface area (Å²) in [7, 11) is 0. The van der Waals surface area contributed by atoms with Crippen molar-refractivity contribution < 1.29 is 9.53 Å². The average molecular weight is 248 g/mol. The zero-order chi connectivity index (χ0) is 14.0. The third-order valence-corrected chi connectivity index (χ3v) is 3.22. The Bertz CT molecular complexity index is 425. The second-order valence-electron chi connectivity index (χ2n) is 6.32. The number of ether oxygens (including phenoxy) is 1. The van der Waals surface area contributed by atoms with E-state index in [1.54, 1.807) is 0 Å². The second kappa shape index (κ2) is 5.13. The van der Waals surface area contributed by atoms with Crippen molar-refractivity contribution in [1.82, 2.24) is 0 Å². The first kappa shape index (κ1) is 14.7. The van der Waals surface area contributed by atoms with Crippen LogP contribution in [-0.4, -0.2) is 11.9 Å². The molecule has 2 heteroatoms. The Morgan fingerprint density at radius 2 is 1.78 bits per heavy atom. The molecule has 0 saturated heterocycles. The monoisotopic (exact) mass is 248 g/mol. The lowest BCUT2D eigenvalue weighted by molar-refractivity contribution is 0.109. The van der Waals surface area contributed by atoms with Gasteiger partial charge in [0.15, 0.2) is 6.29 Å². The molecule has 1 rings (SSSR count). The van der Waals surface area contributed by atoms with Gasteiger partial charge in [-0.3, -0.25) is 4.79 Å². The van der Waals surface area contributed by atoms with Crippen molar-refractivity contribution in [3.8, 4) is 5.75 Å². The van der Waals surface area contributed by atoms with Crippen molar-refractivity contribution in [3.05, 3.63) is 29.3 Å². The highest BCUT2D eigenvalue weighted by Crippen LogP contribution is 2.31. The van der Waals surface area contributed by atoms with Crippen LogP contribution >= 0.6 is 0 Å². The number of aldehydes is 1. The van der Waals surface area contributed by atoms with Crippen LogP contribution in [0, 0.1) is 0 Å². The van der Waals surface area contributed by atoms with Crippen LogP contribution in [0.4, 0.5) is 0 Å². The maximum Gasteiger partial charge on any atom is 0.153 e. The number of hydrogen-bond acceptors (Lipinski definition) is 2. The molecule has 0 aliphatic heterocycles. The minimum atomic E-state index is -0.292. The number of hydrogen-bond donors (Lipinski definition) is 0. The molecule has 0 aliphatic carbocycles. The standard InChI is InChI=1S/C16H24O2/c1-7-16(5,6)13-8-9-14(12(10-13)11-17)18-15(2,3)4/h8-11H,7H2,1-6H3. The molecule has 0 fully saturated rings. The van der Waals surface area contributed by atoms with Gasteiger partial charge < -0.3 is 4.74 Å². The van der Waals surface area contributed by atoms with Crippen LogP contribution in [0.2, 0.25) is 0 Å². The van der Waals surface area contributed by atoms with E-state index in [4.69, 9.17) is 4.74 Å². The Balaban J connectivity index is 3.16. The fourth-order valence-electron chi connectivity index (χ4n) is 1.69. The summed E-state index contributed by atoms with van der Waals surface area (Å²) in [6, 6.07) is 5.90. The molecule has 0 N–H and O–H groups in total. The summed E-state index contributed by atoms with van der Waals surface area (Å²) in [5.41, 5.74) is 1.59. The largest absolute Gasteiger partial charge is 0.487 e. The van der Waals surface area contributed by atoms with Gasteiger partial charge >= 0.3 is 0 Å². The van der Waals surface area contributed by atoms with Crippen LogP contribution in [0.15, 0.2) is 18.2 Å².